The number of hydrogen-bond donors (Lipinski definition) is 2. The summed E-state index contributed by atoms with van der Waals surface area (Å²) in [6, 6.07) is 0. The van der Waals surface area contributed by atoms with Crippen molar-refractivity contribution in [3.05, 3.63) is 0 Å². The van der Waals surface area contributed by atoms with Crippen LogP contribution in [-0.2, 0) is 14.2 Å². The Morgan fingerprint density at radius 3 is 2.67 bits per heavy atom. The molecule has 0 aromatic rings. The van der Waals surface area contributed by atoms with Crippen LogP contribution < -0.4 is 0 Å². The summed E-state index contributed by atoms with van der Waals surface area (Å²) >= 11 is 8.37. The lowest BCUT2D eigenvalue weighted by Gasteiger charge is -2.14. The number of thiol groups is 2. The fraction of sp³-hybridized carbons (Fsp3) is 1.00. The van der Waals surface area contributed by atoms with Crippen LogP contribution in [0.5, 0.6) is 0 Å². The maximum atomic E-state index is 5.52. The van der Waals surface area contributed by atoms with Gasteiger partial charge in [0.05, 0.1) is 26.4 Å². The molecule has 1 aliphatic rings. The summed E-state index contributed by atoms with van der Waals surface area (Å²) in [6.07, 6.45) is 1.36. The third-order valence-corrected chi connectivity index (χ3v) is 2.92. The average molecular weight is 252 g/mol. The molecule has 5 heteroatoms. The Hall–Kier alpha value is 0.580. The largest absolute Gasteiger partial charge is 0.381 e. The van der Waals surface area contributed by atoms with Crippen LogP contribution in [-0.4, -0.2) is 50.6 Å². The molecule has 0 spiro atoms. The lowest BCUT2D eigenvalue weighted by molar-refractivity contribution is 0.0725. The van der Waals surface area contributed by atoms with Gasteiger partial charge in [0.1, 0.15) is 6.10 Å². The van der Waals surface area contributed by atoms with Crippen LogP contribution in [0, 0.1) is 5.92 Å². The minimum atomic E-state index is 0.353. The van der Waals surface area contributed by atoms with E-state index in [1.807, 2.05) is 0 Å². The zero-order chi connectivity index (χ0) is 10.9. The van der Waals surface area contributed by atoms with Crippen LogP contribution in [0.1, 0.15) is 6.42 Å². The molecule has 90 valence electrons. The standard InChI is InChI=1S/C10H20O3S2/c14-4-3-11-2-1-9(8-15)5-12-6-10-7-13-10/h9-10,14-15H,1-8H2. The van der Waals surface area contributed by atoms with Crippen LogP contribution in [0.4, 0.5) is 0 Å². The molecule has 0 saturated carbocycles. The van der Waals surface area contributed by atoms with Gasteiger partial charge in [0.2, 0.25) is 0 Å². The molecular weight excluding hydrogens is 232 g/mol. The van der Waals surface area contributed by atoms with Gasteiger partial charge in [-0.15, -0.1) is 0 Å². The molecule has 1 heterocycles. The zero-order valence-corrected chi connectivity index (χ0v) is 10.7. The van der Waals surface area contributed by atoms with Crippen molar-refractivity contribution in [1.82, 2.24) is 0 Å². The minimum Gasteiger partial charge on any atom is -0.381 e. The van der Waals surface area contributed by atoms with E-state index in [0.29, 0.717) is 12.0 Å². The summed E-state index contributed by atoms with van der Waals surface area (Å²) in [4.78, 5) is 0. The van der Waals surface area contributed by atoms with Crippen molar-refractivity contribution < 1.29 is 14.2 Å². The van der Waals surface area contributed by atoms with Crippen molar-refractivity contribution in [2.45, 2.75) is 12.5 Å². The number of ether oxygens (including phenoxy) is 3. The molecule has 0 aromatic carbocycles. The van der Waals surface area contributed by atoms with Gasteiger partial charge < -0.3 is 14.2 Å². The van der Waals surface area contributed by atoms with Crippen molar-refractivity contribution in [3.63, 3.8) is 0 Å². The Balaban J connectivity index is 1.90. The second kappa shape index (κ2) is 8.70. The Morgan fingerprint density at radius 1 is 1.27 bits per heavy atom. The Kier molecular flexibility index (Phi) is 7.91. The van der Waals surface area contributed by atoms with E-state index in [-0.39, 0.29) is 0 Å². The molecule has 0 aromatic heterocycles. The van der Waals surface area contributed by atoms with Crippen molar-refractivity contribution in [3.8, 4) is 0 Å². The molecule has 2 atom stereocenters. The Labute approximate surface area is 103 Å². The van der Waals surface area contributed by atoms with Crippen LogP contribution in [0.15, 0.2) is 0 Å². The van der Waals surface area contributed by atoms with E-state index in [0.717, 1.165) is 51.0 Å². The average Bonchev–Trinajstić information content (AvgIpc) is 3.05. The van der Waals surface area contributed by atoms with Gasteiger partial charge in [0.25, 0.3) is 0 Å². The molecule has 1 saturated heterocycles. The van der Waals surface area contributed by atoms with Crippen molar-refractivity contribution in [2.75, 3.05) is 44.5 Å². The van der Waals surface area contributed by atoms with Crippen molar-refractivity contribution in [2.24, 2.45) is 5.92 Å². The van der Waals surface area contributed by atoms with Gasteiger partial charge in [-0.05, 0) is 18.1 Å². The van der Waals surface area contributed by atoms with E-state index in [2.05, 4.69) is 25.3 Å². The molecule has 3 nitrogen and oxygen atoms in total. The van der Waals surface area contributed by atoms with E-state index < -0.39 is 0 Å². The van der Waals surface area contributed by atoms with E-state index in [1.54, 1.807) is 0 Å². The predicted molar refractivity (Wildman–Crippen MR) is 67.2 cm³/mol. The molecule has 1 rings (SSSR count). The summed E-state index contributed by atoms with van der Waals surface area (Å²) < 4.78 is 15.9. The maximum absolute atomic E-state index is 5.52. The van der Waals surface area contributed by atoms with Crippen molar-refractivity contribution >= 4 is 25.3 Å². The summed E-state index contributed by atoms with van der Waals surface area (Å²) in [7, 11) is 0. The second-order valence-corrected chi connectivity index (χ2v) is 4.48. The third-order valence-electron chi connectivity index (χ3n) is 2.22. The fourth-order valence-corrected chi connectivity index (χ4v) is 1.59. The van der Waals surface area contributed by atoms with E-state index >= 15 is 0 Å². The lowest BCUT2D eigenvalue weighted by atomic mass is 10.1. The highest BCUT2D eigenvalue weighted by Gasteiger charge is 2.22. The number of rotatable bonds is 10. The molecule has 0 amide bonds. The molecule has 0 aliphatic carbocycles. The Morgan fingerprint density at radius 2 is 2.07 bits per heavy atom. The first-order valence-corrected chi connectivity index (χ1v) is 6.62. The molecule has 1 aliphatic heterocycles. The smallest absolute Gasteiger partial charge is 0.104 e. The normalized spacial score (nSPS) is 21.6. The second-order valence-electron chi connectivity index (χ2n) is 3.67. The topological polar surface area (TPSA) is 31.0 Å². The van der Waals surface area contributed by atoms with E-state index in [4.69, 9.17) is 14.2 Å². The zero-order valence-electron chi connectivity index (χ0n) is 8.93. The van der Waals surface area contributed by atoms with Gasteiger partial charge in [-0.3, -0.25) is 0 Å². The molecule has 0 bridgehead atoms. The van der Waals surface area contributed by atoms with Crippen LogP contribution in [0.2, 0.25) is 0 Å². The lowest BCUT2D eigenvalue weighted by Crippen LogP contribution is -2.16. The minimum absolute atomic E-state index is 0.353. The molecular formula is C10H20O3S2. The van der Waals surface area contributed by atoms with Gasteiger partial charge >= 0.3 is 0 Å². The molecule has 0 radical (unpaired) electrons. The first-order chi connectivity index (χ1) is 7.36. The summed E-state index contributed by atoms with van der Waals surface area (Å²) in [5.41, 5.74) is 0. The first-order valence-electron chi connectivity index (χ1n) is 5.35. The maximum Gasteiger partial charge on any atom is 0.104 e. The first kappa shape index (κ1) is 13.6. The third kappa shape index (κ3) is 7.47. The number of hydrogen-bond acceptors (Lipinski definition) is 5. The van der Waals surface area contributed by atoms with E-state index in [9.17, 15) is 0 Å². The highest BCUT2D eigenvalue weighted by atomic mass is 32.1. The molecule has 2 unspecified atom stereocenters. The highest BCUT2D eigenvalue weighted by Crippen LogP contribution is 2.11. The van der Waals surface area contributed by atoms with Gasteiger partial charge in [0, 0.05) is 12.4 Å². The summed E-state index contributed by atoms with van der Waals surface area (Å²) in [5.74, 6) is 2.10. The SMILES string of the molecule is SCCOCCC(CS)COCC1CO1. The summed E-state index contributed by atoms with van der Waals surface area (Å²) in [6.45, 7) is 3.83. The van der Waals surface area contributed by atoms with Crippen LogP contribution in [0.25, 0.3) is 0 Å². The monoisotopic (exact) mass is 252 g/mol. The molecule has 15 heavy (non-hydrogen) atoms. The van der Waals surface area contributed by atoms with Crippen molar-refractivity contribution in [1.29, 1.82) is 0 Å². The Bertz CT molecular complexity index is 154. The van der Waals surface area contributed by atoms with Gasteiger partial charge in [-0.25, -0.2) is 0 Å². The van der Waals surface area contributed by atoms with Gasteiger partial charge in [-0.1, -0.05) is 0 Å². The molecule has 1 fully saturated rings. The quantitative estimate of drug-likeness (QED) is 0.349. The van der Waals surface area contributed by atoms with Crippen LogP contribution in [0.3, 0.4) is 0 Å². The fourth-order valence-electron chi connectivity index (χ4n) is 1.17. The predicted octanol–water partition coefficient (Wildman–Crippen LogP) is 1.28. The summed E-state index contributed by atoms with van der Waals surface area (Å²) in [5, 5.41) is 0. The van der Waals surface area contributed by atoms with Crippen LogP contribution >= 0.6 is 25.3 Å². The highest BCUT2D eigenvalue weighted by molar-refractivity contribution is 7.80. The molecule has 0 N–H and O–H groups in total. The van der Waals surface area contributed by atoms with Gasteiger partial charge in [0.15, 0.2) is 0 Å². The van der Waals surface area contributed by atoms with E-state index in [1.165, 1.54) is 0 Å². The van der Waals surface area contributed by atoms with Gasteiger partial charge in [-0.2, -0.15) is 25.3 Å². The number of epoxide rings is 1.